The molecule has 3 heteroatoms. The van der Waals surface area contributed by atoms with Gasteiger partial charge in [-0.3, -0.25) is 9.38 Å². The van der Waals surface area contributed by atoms with E-state index in [1.807, 2.05) is 6.08 Å². The zero-order chi connectivity index (χ0) is 21.1. The monoisotopic (exact) mass is 386 g/mol. The molecule has 0 bridgehead atoms. The van der Waals surface area contributed by atoms with E-state index in [0.717, 1.165) is 43.8 Å². The first-order valence-corrected chi connectivity index (χ1v) is 10.6. The molecule has 1 aromatic rings. The van der Waals surface area contributed by atoms with Gasteiger partial charge in [-0.15, -0.1) is 6.58 Å². The zero-order valence-electron chi connectivity index (χ0n) is 18.7. The Bertz CT molecular complexity index is 675. The Hall–Kier alpha value is -1.74. The number of halogens is 1. The van der Waals surface area contributed by atoms with Crippen LogP contribution in [0, 0.1) is 6.92 Å². The van der Waals surface area contributed by atoms with E-state index < -0.39 is 0 Å². The molecule has 0 fully saturated rings. The third-order valence-corrected chi connectivity index (χ3v) is 5.27. The van der Waals surface area contributed by atoms with Crippen LogP contribution in [-0.2, 0) is 0 Å². The Morgan fingerprint density at radius 1 is 1.21 bits per heavy atom. The maximum atomic E-state index is 12.6. The van der Waals surface area contributed by atoms with Crippen LogP contribution in [0.25, 0.3) is 5.57 Å². The van der Waals surface area contributed by atoms with Gasteiger partial charge in [0.05, 0.1) is 13.2 Å². The van der Waals surface area contributed by atoms with E-state index in [9.17, 15) is 4.39 Å². The predicted molar refractivity (Wildman–Crippen MR) is 124 cm³/mol. The maximum absolute atomic E-state index is 12.6. The topological polar surface area (TPSA) is 15.6 Å². The van der Waals surface area contributed by atoms with Crippen LogP contribution in [-0.4, -0.2) is 43.5 Å². The highest BCUT2D eigenvalue weighted by Crippen LogP contribution is 2.29. The molecule has 156 valence electrons. The van der Waals surface area contributed by atoms with Crippen molar-refractivity contribution in [2.45, 2.75) is 59.8 Å². The van der Waals surface area contributed by atoms with Crippen molar-refractivity contribution in [1.29, 1.82) is 0 Å². The summed E-state index contributed by atoms with van der Waals surface area (Å²) in [6, 6.07) is 4.56. The van der Waals surface area contributed by atoms with E-state index in [4.69, 9.17) is 0 Å². The molecule has 1 rings (SSSR count). The van der Waals surface area contributed by atoms with Crippen molar-refractivity contribution in [3.05, 3.63) is 53.6 Å². The van der Waals surface area contributed by atoms with Crippen molar-refractivity contribution in [1.82, 2.24) is 4.90 Å². The molecule has 0 radical (unpaired) electrons. The summed E-state index contributed by atoms with van der Waals surface area (Å²) < 4.78 is 12.6. The highest BCUT2D eigenvalue weighted by Gasteiger charge is 2.16. The van der Waals surface area contributed by atoms with Gasteiger partial charge in [-0.1, -0.05) is 38.1 Å². The molecule has 0 amide bonds. The molecule has 0 aliphatic heterocycles. The minimum atomic E-state index is -0.232. The Kier molecular flexibility index (Phi) is 11.0. The molecule has 0 aromatic heterocycles. The van der Waals surface area contributed by atoms with Crippen LogP contribution in [0.1, 0.15) is 75.1 Å². The molecule has 1 atom stereocenters. The molecule has 2 nitrogen and oxygen atoms in total. The number of aryl methyl sites for hydroxylation is 1. The van der Waals surface area contributed by atoms with Gasteiger partial charge in [-0.05, 0) is 81.8 Å². The molecule has 0 saturated carbocycles. The van der Waals surface area contributed by atoms with E-state index in [1.165, 1.54) is 22.3 Å². The van der Waals surface area contributed by atoms with Crippen molar-refractivity contribution in [3.8, 4) is 0 Å². The maximum Gasteiger partial charge on any atom is 0.0906 e. The van der Waals surface area contributed by atoms with Gasteiger partial charge in [0.2, 0.25) is 0 Å². The van der Waals surface area contributed by atoms with Gasteiger partial charge < -0.3 is 4.90 Å². The van der Waals surface area contributed by atoms with Gasteiger partial charge >= 0.3 is 0 Å². The number of aliphatic imine (C=N–C) groups is 1. The molecule has 0 aliphatic carbocycles. The minimum Gasteiger partial charge on any atom is -0.303 e. The van der Waals surface area contributed by atoms with E-state index >= 15 is 0 Å². The fourth-order valence-corrected chi connectivity index (χ4v) is 3.66. The van der Waals surface area contributed by atoms with E-state index in [2.05, 4.69) is 69.8 Å². The van der Waals surface area contributed by atoms with Gasteiger partial charge in [0.1, 0.15) is 0 Å². The third-order valence-electron chi connectivity index (χ3n) is 5.27. The van der Waals surface area contributed by atoms with Crippen LogP contribution in [0.4, 0.5) is 4.39 Å². The number of hydrogen-bond acceptors (Lipinski definition) is 2. The average molecular weight is 387 g/mol. The van der Waals surface area contributed by atoms with Gasteiger partial charge in [0.15, 0.2) is 0 Å². The fourth-order valence-electron chi connectivity index (χ4n) is 3.66. The highest BCUT2D eigenvalue weighted by molar-refractivity contribution is 6.03. The summed E-state index contributed by atoms with van der Waals surface area (Å²) in [5.74, 6) is 0.440. The number of nitrogens with zero attached hydrogens (tertiary/aromatic N) is 2. The summed E-state index contributed by atoms with van der Waals surface area (Å²) in [4.78, 5) is 7.03. The second-order valence-electron chi connectivity index (χ2n) is 7.82. The number of rotatable bonds is 13. The predicted octanol–water partition coefficient (Wildman–Crippen LogP) is 6.59. The average Bonchev–Trinajstić information content (AvgIpc) is 2.67. The SMILES string of the molecule is C=CC/N=C(/C)c1cc(C(C)CCN(CCC)CCCF)c(C)cc1C(=C)C. The lowest BCUT2D eigenvalue weighted by Crippen LogP contribution is -2.28. The van der Waals surface area contributed by atoms with Crippen LogP contribution in [0.15, 0.2) is 36.4 Å². The summed E-state index contributed by atoms with van der Waals surface area (Å²) in [5.41, 5.74) is 7.11. The van der Waals surface area contributed by atoms with E-state index in [-0.39, 0.29) is 6.67 Å². The Labute approximate surface area is 172 Å². The first-order chi connectivity index (χ1) is 13.3. The van der Waals surface area contributed by atoms with Crippen LogP contribution in [0.2, 0.25) is 0 Å². The first kappa shape index (κ1) is 24.3. The molecular formula is C25H39FN2. The Morgan fingerprint density at radius 3 is 2.50 bits per heavy atom. The molecule has 1 unspecified atom stereocenters. The zero-order valence-corrected chi connectivity index (χ0v) is 18.7. The molecule has 28 heavy (non-hydrogen) atoms. The first-order valence-electron chi connectivity index (χ1n) is 10.6. The lowest BCUT2D eigenvalue weighted by atomic mass is 9.87. The van der Waals surface area contributed by atoms with Crippen LogP contribution in [0.5, 0.6) is 0 Å². The van der Waals surface area contributed by atoms with E-state index in [0.29, 0.717) is 18.9 Å². The minimum absolute atomic E-state index is 0.232. The molecule has 0 N–H and O–H groups in total. The summed E-state index contributed by atoms with van der Waals surface area (Å²) in [7, 11) is 0. The smallest absolute Gasteiger partial charge is 0.0906 e. The van der Waals surface area contributed by atoms with Crippen molar-refractivity contribution in [3.63, 3.8) is 0 Å². The molecule has 0 aliphatic rings. The molecule has 0 saturated heterocycles. The van der Waals surface area contributed by atoms with Crippen molar-refractivity contribution < 1.29 is 4.39 Å². The summed E-state index contributed by atoms with van der Waals surface area (Å²) >= 11 is 0. The van der Waals surface area contributed by atoms with Crippen LogP contribution in [0.3, 0.4) is 0 Å². The number of hydrogen-bond donors (Lipinski definition) is 0. The molecule has 0 heterocycles. The lowest BCUT2D eigenvalue weighted by molar-refractivity contribution is 0.251. The number of benzene rings is 1. The number of allylic oxidation sites excluding steroid dienone is 1. The molecular weight excluding hydrogens is 347 g/mol. The van der Waals surface area contributed by atoms with Crippen molar-refractivity contribution in [2.24, 2.45) is 4.99 Å². The largest absolute Gasteiger partial charge is 0.303 e. The second-order valence-corrected chi connectivity index (χ2v) is 7.82. The molecule has 0 spiro atoms. The normalized spacial score (nSPS) is 13.0. The standard InChI is InChI=1S/C25H39FN2/c1-8-13-27-22(7)25-18-24(21(6)17-23(25)19(3)4)20(5)11-16-28(14-9-2)15-10-12-26/h8,17-18,20H,1,3,9-16H2,2,4-7H3/b27-22-. The summed E-state index contributed by atoms with van der Waals surface area (Å²) in [6.07, 6.45) is 4.63. The van der Waals surface area contributed by atoms with Crippen LogP contribution < -0.4 is 0 Å². The van der Waals surface area contributed by atoms with Gasteiger partial charge in [-0.2, -0.15) is 0 Å². The Morgan fingerprint density at radius 2 is 1.93 bits per heavy atom. The lowest BCUT2D eigenvalue weighted by Gasteiger charge is -2.24. The van der Waals surface area contributed by atoms with Crippen LogP contribution >= 0.6 is 0 Å². The van der Waals surface area contributed by atoms with Gasteiger partial charge in [0, 0.05) is 17.8 Å². The molecule has 1 aromatic carbocycles. The highest BCUT2D eigenvalue weighted by atomic mass is 19.1. The third kappa shape index (κ3) is 7.35. The van der Waals surface area contributed by atoms with E-state index in [1.54, 1.807) is 0 Å². The summed E-state index contributed by atoms with van der Waals surface area (Å²) in [5, 5.41) is 0. The summed E-state index contributed by atoms with van der Waals surface area (Å²) in [6.45, 7) is 22.0. The van der Waals surface area contributed by atoms with Crippen molar-refractivity contribution >= 4 is 11.3 Å². The van der Waals surface area contributed by atoms with Gasteiger partial charge in [-0.25, -0.2) is 0 Å². The fraction of sp³-hybridized carbons (Fsp3) is 0.560. The van der Waals surface area contributed by atoms with Gasteiger partial charge in [0.25, 0.3) is 0 Å². The van der Waals surface area contributed by atoms with Crippen molar-refractivity contribution in [2.75, 3.05) is 32.9 Å². The second kappa shape index (κ2) is 12.7. The quantitative estimate of drug-likeness (QED) is 0.276. The number of alkyl halides is 1. The Balaban J connectivity index is 3.08.